The van der Waals surface area contributed by atoms with E-state index in [4.69, 9.17) is 0 Å². The van der Waals surface area contributed by atoms with Gasteiger partial charge in [-0.1, -0.05) is 12.1 Å². The van der Waals surface area contributed by atoms with E-state index in [0.29, 0.717) is 0 Å². The summed E-state index contributed by atoms with van der Waals surface area (Å²) in [5.74, 6) is -0.328. The van der Waals surface area contributed by atoms with Gasteiger partial charge < -0.3 is 4.57 Å². The SMILES string of the molecule is CCS(=O)(=O)c1cc2nnn(CCF)c2nc1-c1nnc(-c2cc(C(F)(F)F)ccn2)n1C. The first kappa shape index (κ1) is 22.7. The third-order valence-electron chi connectivity index (χ3n) is 4.87. The van der Waals surface area contributed by atoms with Crippen LogP contribution in [0.25, 0.3) is 34.2 Å². The third-order valence-corrected chi connectivity index (χ3v) is 6.61. The quantitative estimate of drug-likeness (QED) is 0.383. The van der Waals surface area contributed by atoms with Crippen LogP contribution in [0, 0.1) is 0 Å². The minimum Gasteiger partial charge on any atom is -0.307 e. The standard InChI is InChI=1S/C18H16F4N8O2S/c1-3-33(31,32)13-9-12-15(30(7-5-19)28-25-12)24-14(13)17-27-26-16(29(17)2)11-8-10(4-6-23-11)18(20,21)22/h4,6,8-9H,3,5,7H2,1-2H3. The van der Waals surface area contributed by atoms with E-state index < -0.39 is 28.3 Å². The Bertz CT molecular complexity index is 1450. The van der Waals surface area contributed by atoms with E-state index in [2.05, 4.69) is 30.5 Å². The maximum atomic E-state index is 13.1. The Kier molecular flexibility index (Phi) is 5.59. The molecule has 0 saturated heterocycles. The summed E-state index contributed by atoms with van der Waals surface area (Å²) in [4.78, 5) is 8.06. The smallest absolute Gasteiger partial charge is 0.307 e. The zero-order chi connectivity index (χ0) is 24.0. The lowest BCUT2D eigenvalue weighted by Crippen LogP contribution is -2.10. The Morgan fingerprint density at radius 2 is 1.82 bits per heavy atom. The van der Waals surface area contributed by atoms with Gasteiger partial charge in [-0.15, -0.1) is 15.3 Å². The van der Waals surface area contributed by atoms with Crippen LogP contribution < -0.4 is 0 Å². The van der Waals surface area contributed by atoms with Crippen LogP contribution in [-0.4, -0.2) is 60.6 Å². The van der Waals surface area contributed by atoms with Gasteiger partial charge in [-0.25, -0.2) is 22.5 Å². The van der Waals surface area contributed by atoms with Gasteiger partial charge in [-0.05, 0) is 18.2 Å². The van der Waals surface area contributed by atoms with Crippen molar-refractivity contribution >= 4 is 21.0 Å². The lowest BCUT2D eigenvalue weighted by molar-refractivity contribution is -0.137. The first-order valence-electron chi connectivity index (χ1n) is 9.53. The molecule has 0 aliphatic heterocycles. The van der Waals surface area contributed by atoms with Gasteiger partial charge in [0, 0.05) is 13.2 Å². The number of halogens is 4. The predicted molar refractivity (Wildman–Crippen MR) is 107 cm³/mol. The average Bonchev–Trinajstić information content (AvgIpc) is 3.35. The van der Waals surface area contributed by atoms with Crippen molar-refractivity contribution in [3.63, 3.8) is 0 Å². The van der Waals surface area contributed by atoms with Crippen molar-refractivity contribution in [2.75, 3.05) is 12.4 Å². The molecule has 174 valence electrons. The van der Waals surface area contributed by atoms with E-state index >= 15 is 0 Å². The molecule has 0 fully saturated rings. The van der Waals surface area contributed by atoms with Gasteiger partial charge in [0.05, 0.1) is 22.8 Å². The van der Waals surface area contributed by atoms with Crippen molar-refractivity contribution < 1.29 is 26.0 Å². The zero-order valence-electron chi connectivity index (χ0n) is 17.2. The van der Waals surface area contributed by atoms with Crippen LogP contribution >= 0.6 is 0 Å². The molecule has 0 unspecified atom stereocenters. The van der Waals surface area contributed by atoms with E-state index in [1.54, 1.807) is 0 Å². The van der Waals surface area contributed by atoms with E-state index in [1.165, 1.54) is 29.3 Å². The molecule has 0 radical (unpaired) electrons. The highest BCUT2D eigenvalue weighted by Gasteiger charge is 2.32. The molecular formula is C18H16F4N8O2S. The van der Waals surface area contributed by atoms with Crippen molar-refractivity contribution in [2.45, 2.75) is 24.5 Å². The highest BCUT2D eigenvalue weighted by Crippen LogP contribution is 2.33. The highest BCUT2D eigenvalue weighted by molar-refractivity contribution is 7.91. The van der Waals surface area contributed by atoms with Gasteiger partial charge in [-0.2, -0.15) is 13.2 Å². The van der Waals surface area contributed by atoms with Gasteiger partial charge in [0.25, 0.3) is 0 Å². The second-order valence-corrected chi connectivity index (χ2v) is 9.16. The Morgan fingerprint density at radius 1 is 1.09 bits per heavy atom. The van der Waals surface area contributed by atoms with Crippen LogP contribution in [0.2, 0.25) is 0 Å². The van der Waals surface area contributed by atoms with Gasteiger partial charge >= 0.3 is 6.18 Å². The van der Waals surface area contributed by atoms with Crippen LogP contribution in [0.1, 0.15) is 12.5 Å². The summed E-state index contributed by atoms with van der Waals surface area (Å²) in [6.07, 6.45) is -3.60. The molecule has 0 spiro atoms. The van der Waals surface area contributed by atoms with Crippen LogP contribution in [0.5, 0.6) is 0 Å². The summed E-state index contributed by atoms with van der Waals surface area (Å²) in [5.41, 5.74) is -0.885. The predicted octanol–water partition coefficient (Wildman–Crippen LogP) is 2.47. The van der Waals surface area contributed by atoms with Gasteiger partial charge in [0.1, 0.15) is 23.6 Å². The lowest BCUT2D eigenvalue weighted by atomic mass is 10.2. The van der Waals surface area contributed by atoms with Crippen LogP contribution in [0.4, 0.5) is 17.6 Å². The fraction of sp³-hybridized carbons (Fsp3) is 0.333. The third kappa shape index (κ3) is 4.03. The topological polar surface area (TPSA) is 121 Å². The second-order valence-electron chi connectivity index (χ2n) is 6.92. The van der Waals surface area contributed by atoms with Crippen molar-refractivity contribution in [1.82, 2.24) is 39.7 Å². The maximum Gasteiger partial charge on any atom is 0.416 e. The summed E-state index contributed by atoms with van der Waals surface area (Å²) < 4.78 is 80.2. The minimum atomic E-state index is -4.59. The average molecular weight is 484 g/mol. The van der Waals surface area contributed by atoms with Gasteiger partial charge in [0.2, 0.25) is 0 Å². The van der Waals surface area contributed by atoms with Crippen LogP contribution in [-0.2, 0) is 29.6 Å². The van der Waals surface area contributed by atoms with E-state index in [-0.39, 0.29) is 51.4 Å². The Labute approximate surface area is 184 Å². The number of aryl methyl sites for hydroxylation is 1. The number of alkyl halides is 4. The maximum absolute atomic E-state index is 13.1. The molecular weight excluding hydrogens is 468 g/mol. The van der Waals surface area contributed by atoms with Crippen LogP contribution in [0.3, 0.4) is 0 Å². The second kappa shape index (κ2) is 8.13. The summed E-state index contributed by atoms with van der Waals surface area (Å²) in [5, 5.41) is 15.5. The number of nitrogens with zero attached hydrogens (tertiary/aromatic N) is 8. The molecule has 0 aliphatic carbocycles. The number of pyridine rings is 2. The number of aromatic nitrogens is 8. The van der Waals surface area contributed by atoms with E-state index in [9.17, 15) is 26.0 Å². The molecule has 0 N–H and O–H groups in total. The van der Waals surface area contributed by atoms with Crippen molar-refractivity contribution in [3.05, 3.63) is 30.0 Å². The van der Waals surface area contributed by atoms with E-state index in [0.717, 1.165) is 18.3 Å². The molecule has 4 aromatic heterocycles. The molecule has 4 aromatic rings. The summed E-state index contributed by atoms with van der Waals surface area (Å²) >= 11 is 0. The first-order valence-corrected chi connectivity index (χ1v) is 11.2. The van der Waals surface area contributed by atoms with Crippen LogP contribution in [0.15, 0.2) is 29.3 Å². The van der Waals surface area contributed by atoms with Crippen molar-refractivity contribution in [3.8, 4) is 23.0 Å². The minimum absolute atomic E-state index is 0.0340. The summed E-state index contributed by atoms with van der Waals surface area (Å²) in [7, 11) is -2.39. The zero-order valence-corrected chi connectivity index (χ0v) is 18.1. The van der Waals surface area contributed by atoms with Crippen molar-refractivity contribution in [2.24, 2.45) is 7.05 Å². The molecule has 0 aromatic carbocycles. The molecule has 4 heterocycles. The molecule has 4 rings (SSSR count). The molecule has 0 amide bonds. The number of hydrogen-bond donors (Lipinski definition) is 0. The van der Waals surface area contributed by atoms with Crippen molar-refractivity contribution in [1.29, 1.82) is 0 Å². The molecule has 15 heteroatoms. The fourth-order valence-corrected chi connectivity index (χ4v) is 4.19. The number of fused-ring (bicyclic) bond motifs is 1. The largest absolute Gasteiger partial charge is 0.416 e. The van der Waals surface area contributed by atoms with E-state index in [1.807, 2.05) is 0 Å². The Morgan fingerprint density at radius 3 is 2.48 bits per heavy atom. The monoisotopic (exact) mass is 484 g/mol. The normalized spacial score (nSPS) is 12.5. The number of sulfone groups is 1. The molecule has 0 bridgehead atoms. The number of hydrogen-bond acceptors (Lipinski definition) is 8. The molecule has 0 aliphatic rings. The fourth-order valence-electron chi connectivity index (χ4n) is 3.15. The number of rotatable bonds is 6. The Hall–Kier alpha value is -3.49. The summed E-state index contributed by atoms with van der Waals surface area (Å²) in [6.45, 7) is 0.540. The van der Waals surface area contributed by atoms with Gasteiger partial charge in [0.15, 0.2) is 27.1 Å². The lowest BCUT2D eigenvalue weighted by Gasteiger charge is -2.10. The summed E-state index contributed by atoms with van der Waals surface area (Å²) in [6, 6.07) is 2.89. The molecule has 0 atom stereocenters. The molecule has 33 heavy (non-hydrogen) atoms. The Balaban J connectivity index is 1.93. The van der Waals surface area contributed by atoms with Gasteiger partial charge in [-0.3, -0.25) is 4.98 Å². The molecule has 10 nitrogen and oxygen atoms in total. The highest BCUT2D eigenvalue weighted by atomic mass is 32.2. The molecule has 0 saturated carbocycles. The first-order chi connectivity index (χ1) is 15.6.